The highest BCUT2D eigenvalue weighted by Gasteiger charge is 2.30. The molecular weight excluding hydrogens is 449 g/mol. The average molecular weight is 485 g/mol. The molecule has 5 rings (SSSR count). The van der Waals surface area contributed by atoms with Crippen LogP contribution in [0.3, 0.4) is 0 Å². The Labute approximate surface area is 206 Å². The quantitative estimate of drug-likeness (QED) is 0.424. The van der Waals surface area contributed by atoms with Gasteiger partial charge in [-0.05, 0) is 105 Å². The maximum absolute atomic E-state index is 15.1. The third kappa shape index (κ3) is 5.51. The first-order valence-corrected chi connectivity index (χ1v) is 13.2. The molecule has 5 heteroatoms. The summed E-state index contributed by atoms with van der Waals surface area (Å²) >= 11 is 0. The molecule has 188 valence electrons. The van der Waals surface area contributed by atoms with Crippen LogP contribution in [0.4, 0.5) is 13.2 Å². The highest BCUT2D eigenvalue weighted by atomic mass is 19.2. The Bertz CT molecular complexity index is 1060. The third-order valence-electron chi connectivity index (χ3n) is 8.51. The van der Waals surface area contributed by atoms with Crippen LogP contribution in [0.5, 0.6) is 0 Å². The first-order valence-electron chi connectivity index (χ1n) is 13.2. The predicted molar refractivity (Wildman–Crippen MR) is 132 cm³/mol. The molecule has 3 fully saturated rings. The zero-order valence-corrected chi connectivity index (χ0v) is 20.4. The minimum absolute atomic E-state index is 0.0319. The number of hydrogen-bond acceptors (Lipinski definition) is 2. The van der Waals surface area contributed by atoms with E-state index in [1.165, 1.54) is 0 Å². The largest absolute Gasteiger partial charge is 0.393 e. The summed E-state index contributed by atoms with van der Waals surface area (Å²) in [7, 11) is 0. The van der Waals surface area contributed by atoms with E-state index in [-0.39, 0.29) is 35.8 Å². The van der Waals surface area contributed by atoms with Crippen molar-refractivity contribution >= 4 is 6.08 Å². The van der Waals surface area contributed by atoms with Gasteiger partial charge in [-0.3, -0.25) is 0 Å². The lowest BCUT2D eigenvalue weighted by Crippen LogP contribution is -2.23. The fourth-order valence-corrected chi connectivity index (χ4v) is 6.13. The van der Waals surface area contributed by atoms with Gasteiger partial charge >= 0.3 is 0 Å². The van der Waals surface area contributed by atoms with Crippen molar-refractivity contribution in [2.75, 3.05) is 6.61 Å². The summed E-state index contributed by atoms with van der Waals surface area (Å²) in [5.74, 6) is -0.887. The zero-order chi connectivity index (χ0) is 24.5. The van der Waals surface area contributed by atoms with Crippen LogP contribution < -0.4 is 0 Å². The van der Waals surface area contributed by atoms with Crippen LogP contribution in [0.2, 0.25) is 0 Å². The zero-order valence-electron chi connectivity index (χ0n) is 20.4. The fourth-order valence-electron chi connectivity index (χ4n) is 6.13. The molecule has 1 aliphatic heterocycles. The maximum Gasteiger partial charge on any atom is 0.162 e. The Morgan fingerprint density at radius 1 is 0.829 bits per heavy atom. The number of aliphatic hydroxyl groups excluding tert-OH is 1. The molecule has 2 saturated carbocycles. The van der Waals surface area contributed by atoms with Crippen LogP contribution in [0.25, 0.3) is 6.08 Å². The Morgan fingerprint density at radius 2 is 1.37 bits per heavy atom. The molecule has 2 aromatic carbocycles. The number of halogens is 3. The van der Waals surface area contributed by atoms with Gasteiger partial charge in [0.1, 0.15) is 11.9 Å². The summed E-state index contributed by atoms with van der Waals surface area (Å²) in [4.78, 5) is 0. The molecule has 1 heterocycles. The van der Waals surface area contributed by atoms with E-state index in [1.54, 1.807) is 18.2 Å². The number of ether oxygens (including phenoxy) is 1. The number of allylic oxidation sites excluding steroid dienone is 1. The van der Waals surface area contributed by atoms with Crippen molar-refractivity contribution in [3.8, 4) is 0 Å². The summed E-state index contributed by atoms with van der Waals surface area (Å²) in [6, 6.07) is 8.87. The highest BCUT2D eigenvalue weighted by Crippen LogP contribution is 2.42. The van der Waals surface area contributed by atoms with Crippen LogP contribution in [-0.4, -0.2) is 17.8 Å². The van der Waals surface area contributed by atoms with Crippen LogP contribution in [0.1, 0.15) is 98.5 Å². The Kier molecular flexibility index (Phi) is 7.36. The van der Waals surface area contributed by atoms with Crippen molar-refractivity contribution < 1.29 is 23.0 Å². The second kappa shape index (κ2) is 10.5. The van der Waals surface area contributed by atoms with Crippen molar-refractivity contribution in [3.05, 3.63) is 76.1 Å². The number of epoxide rings is 1. The van der Waals surface area contributed by atoms with Gasteiger partial charge in [-0.1, -0.05) is 36.4 Å². The molecule has 35 heavy (non-hydrogen) atoms. The van der Waals surface area contributed by atoms with E-state index in [1.807, 2.05) is 25.1 Å². The first-order chi connectivity index (χ1) is 16.9. The van der Waals surface area contributed by atoms with Crippen molar-refractivity contribution in [1.82, 2.24) is 0 Å². The van der Waals surface area contributed by atoms with Gasteiger partial charge in [0, 0.05) is 5.56 Å². The minimum Gasteiger partial charge on any atom is -0.393 e. The number of rotatable bonds is 6. The average Bonchev–Trinajstić information content (AvgIpc) is 3.70. The van der Waals surface area contributed by atoms with Crippen molar-refractivity contribution in [2.45, 2.75) is 82.3 Å². The summed E-state index contributed by atoms with van der Waals surface area (Å²) < 4.78 is 49.6. The van der Waals surface area contributed by atoms with E-state index < -0.39 is 11.6 Å². The van der Waals surface area contributed by atoms with Gasteiger partial charge in [0.15, 0.2) is 11.6 Å². The Balaban J connectivity index is 1.18. The van der Waals surface area contributed by atoms with E-state index in [0.29, 0.717) is 29.2 Å². The monoisotopic (exact) mass is 484 g/mol. The van der Waals surface area contributed by atoms with E-state index in [0.717, 1.165) is 56.9 Å². The van der Waals surface area contributed by atoms with Gasteiger partial charge in [-0.25, -0.2) is 13.2 Å². The molecule has 2 aromatic rings. The molecule has 0 amide bonds. The number of hydrogen-bond donors (Lipinski definition) is 1. The molecule has 0 spiro atoms. The molecule has 2 nitrogen and oxygen atoms in total. The summed E-state index contributed by atoms with van der Waals surface area (Å²) in [5, 5.41) is 9.81. The van der Waals surface area contributed by atoms with E-state index in [2.05, 4.69) is 6.08 Å². The van der Waals surface area contributed by atoms with Crippen molar-refractivity contribution in [2.24, 2.45) is 11.8 Å². The van der Waals surface area contributed by atoms with Crippen molar-refractivity contribution in [3.63, 3.8) is 0 Å². The van der Waals surface area contributed by atoms with Gasteiger partial charge in [0.2, 0.25) is 0 Å². The van der Waals surface area contributed by atoms with Crippen LogP contribution >= 0.6 is 0 Å². The number of aliphatic hydroxyl groups is 1. The lowest BCUT2D eigenvalue weighted by atomic mass is 9.75. The van der Waals surface area contributed by atoms with Gasteiger partial charge in [0.25, 0.3) is 0 Å². The minimum atomic E-state index is -0.674. The van der Waals surface area contributed by atoms with Gasteiger partial charge < -0.3 is 9.84 Å². The van der Waals surface area contributed by atoms with E-state index in [9.17, 15) is 9.50 Å². The maximum atomic E-state index is 15.1. The molecule has 1 saturated heterocycles. The van der Waals surface area contributed by atoms with Gasteiger partial charge in [0.05, 0.1) is 12.7 Å². The lowest BCUT2D eigenvalue weighted by Gasteiger charge is -2.31. The molecule has 2 atom stereocenters. The SMILES string of the molecule is CC(O)C1CCC(c2ccc(C3CCC(/C=C/c4ccc(C5CO5)c(F)c4)CC3)c(F)c2F)CC1. The third-order valence-corrected chi connectivity index (χ3v) is 8.51. The van der Waals surface area contributed by atoms with Crippen LogP contribution in [-0.2, 0) is 4.74 Å². The van der Waals surface area contributed by atoms with Gasteiger partial charge in [-0.15, -0.1) is 0 Å². The highest BCUT2D eigenvalue weighted by molar-refractivity contribution is 5.51. The molecule has 0 aromatic heterocycles. The van der Waals surface area contributed by atoms with E-state index in [4.69, 9.17) is 4.74 Å². The Hall–Kier alpha value is -2.11. The first kappa shape index (κ1) is 24.6. The van der Waals surface area contributed by atoms with Gasteiger partial charge in [-0.2, -0.15) is 0 Å². The molecule has 3 aliphatic rings. The fraction of sp³-hybridized carbons (Fsp3) is 0.533. The smallest absolute Gasteiger partial charge is 0.162 e. The Morgan fingerprint density at radius 3 is 1.89 bits per heavy atom. The normalized spacial score (nSPS) is 29.9. The second-order valence-corrected chi connectivity index (χ2v) is 10.8. The molecule has 0 radical (unpaired) electrons. The molecule has 2 aliphatic carbocycles. The summed E-state index contributed by atoms with van der Waals surface area (Å²) in [6.45, 7) is 2.40. The standard InChI is InChI=1S/C30H35F3O2/c1-18(34)21-9-11-23(12-10-21)25-15-14-24(29(32)30(25)33)22-7-4-19(5-8-22)2-3-20-6-13-26(27(31)16-20)28-17-35-28/h2-3,6,13-16,18-19,21-23,28,34H,4-5,7-12,17H2,1H3/b3-2+. The second-order valence-electron chi connectivity index (χ2n) is 10.8. The number of benzene rings is 2. The summed E-state index contributed by atoms with van der Waals surface area (Å²) in [5.41, 5.74) is 2.46. The molecule has 1 N–H and O–H groups in total. The topological polar surface area (TPSA) is 32.8 Å². The molecular formula is C30H35F3O2. The molecule has 2 unspecified atom stereocenters. The summed E-state index contributed by atoms with van der Waals surface area (Å²) in [6.07, 6.45) is 10.4. The van der Waals surface area contributed by atoms with Crippen LogP contribution in [0, 0.1) is 29.3 Å². The van der Waals surface area contributed by atoms with Crippen molar-refractivity contribution in [1.29, 1.82) is 0 Å². The lowest BCUT2D eigenvalue weighted by molar-refractivity contribution is 0.0963. The van der Waals surface area contributed by atoms with E-state index >= 15 is 8.78 Å². The van der Waals surface area contributed by atoms with Crippen LogP contribution in [0.15, 0.2) is 36.4 Å². The molecule has 0 bridgehead atoms. The predicted octanol–water partition coefficient (Wildman–Crippen LogP) is 7.82.